The van der Waals surface area contributed by atoms with E-state index in [1.807, 2.05) is 6.92 Å². The van der Waals surface area contributed by atoms with Gasteiger partial charge in [0.25, 0.3) is 0 Å². The van der Waals surface area contributed by atoms with Gasteiger partial charge in [0.05, 0.1) is 15.6 Å². The molecule has 0 fully saturated rings. The van der Waals surface area contributed by atoms with E-state index in [-0.39, 0.29) is 0 Å². The molecule has 1 aromatic rings. The molecule has 0 bridgehead atoms. The van der Waals surface area contributed by atoms with Gasteiger partial charge >= 0.3 is 0 Å². The highest BCUT2D eigenvalue weighted by atomic mass is 79.9. The molecule has 0 aliphatic carbocycles. The van der Waals surface area contributed by atoms with E-state index in [0.29, 0.717) is 12.6 Å². The zero-order chi connectivity index (χ0) is 12.1. The first-order chi connectivity index (χ1) is 7.54. The van der Waals surface area contributed by atoms with Crippen LogP contribution in [0.15, 0.2) is 21.1 Å². The Bertz CT molecular complexity index is 330. The van der Waals surface area contributed by atoms with Crippen LogP contribution < -0.4 is 10.1 Å². The van der Waals surface area contributed by atoms with E-state index in [0.717, 1.165) is 21.2 Å². The van der Waals surface area contributed by atoms with Crippen LogP contribution in [-0.4, -0.2) is 12.6 Å². The number of ether oxygens (including phenoxy) is 1. The molecule has 16 heavy (non-hydrogen) atoms. The van der Waals surface area contributed by atoms with Gasteiger partial charge in [0.1, 0.15) is 5.75 Å². The zero-order valence-electron chi connectivity index (χ0n) is 9.81. The monoisotopic (exact) mass is 349 g/mol. The summed E-state index contributed by atoms with van der Waals surface area (Å²) in [4.78, 5) is 0. The average molecular weight is 351 g/mol. The summed E-state index contributed by atoms with van der Waals surface area (Å²) in [6.45, 7) is 7.78. The van der Waals surface area contributed by atoms with Crippen molar-refractivity contribution in [3.05, 3.63) is 26.6 Å². The predicted molar refractivity (Wildman–Crippen MR) is 75.0 cm³/mol. The summed E-state index contributed by atoms with van der Waals surface area (Å²) in [6.07, 6.45) is 0. The van der Waals surface area contributed by atoms with Gasteiger partial charge in [-0.25, -0.2) is 0 Å². The van der Waals surface area contributed by atoms with Gasteiger partial charge in [-0.3, -0.25) is 0 Å². The molecule has 0 saturated heterocycles. The minimum Gasteiger partial charge on any atom is -0.492 e. The van der Waals surface area contributed by atoms with Crippen LogP contribution in [0.25, 0.3) is 0 Å². The molecule has 0 spiro atoms. The Labute approximate surface area is 114 Å². The molecule has 90 valence electrons. The van der Waals surface area contributed by atoms with Crippen LogP contribution in [0.1, 0.15) is 26.3 Å². The van der Waals surface area contributed by atoms with Crippen LogP contribution in [-0.2, 0) is 6.54 Å². The largest absolute Gasteiger partial charge is 0.492 e. The van der Waals surface area contributed by atoms with Crippen molar-refractivity contribution in [2.45, 2.75) is 33.4 Å². The third-order valence-electron chi connectivity index (χ3n) is 2.06. The molecule has 0 heterocycles. The molecule has 1 rings (SSSR count). The lowest BCUT2D eigenvalue weighted by molar-refractivity contribution is 0.336. The van der Waals surface area contributed by atoms with Crippen molar-refractivity contribution in [3.8, 4) is 5.75 Å². The fourth-order valence-electron chi connectivity index (χ4n) is 1.32. The highest BCUT2D eigenvalue weighted by molar-refractivity contribution is 9.11. The van der Waals surface area contributed by atoms with Gasteiger partial charge in [-0.2, -0.15) is 0 Å². The summed E-state index contributed by atoms with van der Waals surface area (Å²) in [5.41, 5.74) is 1.23. The minimum absolute atomic E-state index is 0.490. The first-order valence-corrected chi connectivity index (χ1v) is 6.97. The molecule has 0 aliphatic rings. The quantitative estimate of drug-likeness (QED) is 0.862. The predicted octanol–water partition coefficient (Wildman–Crippen LogP) is 4.11. The van der Waals surface area contributed by atoms with Crippen molar-refractivity contribution in [3.63, 3.8) is 0 Å². The molecule has 4 heteroatoms. The van der Waals surface area contributed by atoms with Crippen LogP contribution in [0.4, 0.5) is 0 Å². The van der Waals surface area contributed by atoms with E-state index in [1.165, 1.54) is 5.56 Å². The maximum absolute atomic E-state index is 5.53. The Kier molecular flexibility index (Phi) is 5.79. The molecule has 0 amide bonds. The Hall–Kier alpha value is -0.0600. The topological polar surface area (TPSA) is 21.3 Å². The van der Waals surface area contributed by atoms with Crippen molar-refractivity contribution in [1.82, 2.24) is 5.32 Å². The highest BCUT2D eigenvalue weighted by Gasteiger charge is 2.08. The van der Waals surface area contributed by atoms with Gasteiger partial charge in [-0.05, 0) is 56.5 Å². The van der Waals surface area contributed by atoms with E-state index in [9.17, 15) is 0 Å². The van der Waals surface area contributed by atoms with Crippen LogP contribution in [0.3, 0.4) is 0 Å². The first-order valence-electron chi connectivity index (χ1n) is 5.38. The third-order valence-corrected chi connectivity index (χ3v) is 3.24. The van der Waals surface area contributed by atoms with Crippen LogP contribution in [0, 0.1) is 0 Å². The molecule has 1 N–H and O–H groups in total. The van der Waals surface area contributed by atoms with Crippen LogP contribution in [0.2, 0.25) is 0 Å². The summed E-state index contributed by atoms with van der Waals surface area (Å²) in [5, 5.41) is 3.39. The Morgan fingerprint density at radius 1 is 1.25 bits per heavy atom. The van der Waals surface area contributed by atoms with E-state index >= 15 is 0 Å². The van der Waals surface area contributed by atoms with Gasteiger partial charge in [0, 0.05) is 12.6 Å². The van der Waals surface area contributed by atoms with Gasteiger partial charge < -0.3 is 10.1 Å². The maximum atomic E-state index is 5.53. The number of rotatable bonds is 5. The lowest BCUT2D eigenvalue weighted by Crippen LogP contribution is -2.21. The molecule has 0 aliphatic heterocycles. The number of nitrogens with one attached hydrogen (secondary N) is 1. The van der Waals surface area contributed by atoms with Crippen LogP contribution in [0.5, 0.6) is 5.75 Å². The van der Waals surface area contributed by atoms with Gasteiger partial charge in [0.15, 0.2) is 0 Å². The number of benzene rings is 1. The number of hydrogen-bond donors (Lipinski definition) is 1. The molecule has 1 aromatic carbocycles. The summed E-state index contributed by atoms with van der Waals surface area (Å²) in [6, 6.07) is 4.67. The van der Waals surface area contributed by atoms with Crippen molar-refractivity contribution >= 4 is 31.9 Å². The smallest absolute Gasteiger partial charge is 0.147 e. The fraction of sp³-hybridized carbons (Fsp3) is 0.500. The van der Waals surface area contributed by atoms with E-state index in [4.69, 9.17) is 4.74 Å². The molecule has 0 atom stereocenters. The first kappa shape index (κ1) is 14.0. The van der Waals surface area contributed by atoms with Crippen molar-refractivity contribution in [2.24, 2.45) is 0 Å². The second-order valence-corrected chi connectivity index (χ2v) is 5.57. The van der Waals surface area contributed by atoms with E-state index in [2.05, 4.69) is 63.2 Å². The fourth-order valence-corrected chi connectivity index (χ4v) is 2.83. The normalized spacial score (nSPS) is 10.9. The van der Waals surface area contributed by atoms with E-state index in [1.54, 1.807) is 0 Å². The van der Waals surface area contributed by atoms with Gasteiger partial charge in [-0.15, -0.1) is 0 Å². The van der Waals surface area contributed by atoms with Crippen molar-refractivity contribution in [1.29, 1.82) is 0 Å². The Balaban J connectivity index is 2.82. The summed E-state index contributed by atoms with van der Waals surface area (Å²) in [5.74, 6) is 0.871. The summed E-state index contributed by atoms with van der Waals surface area (Å²) >= 11 is 7.05. The average Bonchev–Trinajstić information content (AvgIpc) is 2.20. The summed E-state index contributed by atoms with van der Waals surface area (Å²) in [7, 11) is 0. The van der Waals surface area contributed by atoms with Gasteiger partial charge in [0.2, 0.25) is 0 Å². The molecule has 0 unspecified atom stereocenters. The lowest BCUT2D eigenvalue weighted by atomic mass is 10.2. The molecule has 2 nitrogen and oxygen atoms in total. The second-order valence-electron chi connectivity index (χ2n) is 3.86. The number of hydrogen-bond acceptors (Lipinski definition) is 2. The summed E-state index contributed by atoms with van der Waals surface area (Å²) < 4.78 is 7.51. The van der Waals surface area contributed by atoms with Crippen molar-refractivity contribution < 1.29 is 4.74 Å². The molecule has 0 aromatic heterocycles. The number of halogens is 2. The molecule has 0 saturated carbocycles. The second kappa shape index (κ2) is 6.62. The SMILES string of the molecule is CCOc1c(Br)cc(CNC(C)C)cc1Br. The third kappa shape index (κ3) is 4.07. The zero-order valence-corrected chi connectivity index (χ0v) is 13.0. The Morgan fingerprint density at radius 2 is 1.81 bits per heavy atom. The molecule has 0 radical (unpaired) electrons. The standard InChI is InChI=1S/C12H17Br2NO/c1-4-16-12-10(13)5-9(6-11(12)14)7-15-8(2)3/h5-6,8,15H,4,7H2,1-3H3. The maximum Gasteiger partial charge on any atom is 0.147 e. The molecular weight excluding hydrogens is 334 g/mol. The minimum atomic E-state index is 0.490. The Morgan fingerprint density at radius 3 is 2.25 bits per heavy atom. The molecular formula is C12H17Br2NO. The van der Waals surface area contributed by atoms with E-state index < -0.39 is 0 Å². The van der Waals surface area contributed by atoms with Crippen molar-refractivity contribution in [2.75, 3.05) is 6.61 Å². The van der Waals surface area contributed by atoms with Crippen LogP contribution >= 0.6 is 31.9 Å². The van der Waals surface area contributed by atoms with Gasteiger partial charge in [-0.1, -0.05) is 13.8 Å². The lowest BCUT2D eigenvalue weighted by Gasteiger charge is -2.12. The highest BCUT2D eigenvalue weighted by Crippen LogP contribution is 2.34.